The molecule has 28 heavy (non-hydrogen) atoms. The van der Waals surface area contributed by atoms with Gasteiger partial charge >= 0.3 is 5.69 Å². The lowest BCUT2D eigenvalue weighted by atomic mass is 10.1. The van der Waals surface area contributed by atoms with Crippen LogP contribution >= 0.6 is 11.6 Å². The predicted octanol–water partition coefficient (Wildman–Crippen LogP) is 1.85. The van der Waals surface area contributed by atoms with Gasteiger partial charge in [0.2, 0.25) is 5.89 Å². The van der Waals surface area contributed by atoms with E-state index >= 15 is 0 Å². The van der Waals surface area contributed by atoms with Gasteiger partial charge in [-0.25, -0.2) is 13.6 Å². The smallest absolute Gasteiger partial charge is 0.331 e. The van der Waals surface area contributed by atoms with Gasteiger partial charge < -0.3 is 9.63 Å². The monoisotopic (exact) mass is 412 g/mol. The summed E-state index contributed by atoms with van der Waals surface area (Å²) in [4.78, 5) is 28.2. The molecule has 8 nitrogen and oxygen atoms in total. The van der Waals surface area contributed by atoms with Crippen molar-refractivity contribution in [2.45, 2.75) is 25.5 Å². The van der Waals surface area contributed by atoms with Crippen LogP contribution in [0.1, 0.15) is 35.5 Å². The van der Waals surface area contributed by atoms with Gasteiger partial charge in [-0.15, -0.1) is 0 Å². The lowest BCUT2D eigenvalue weighted by Gasteiger charge is -2.09. The summed E-state index contributed by atoms with van der Waals surface area (Å²) in [5.41, 5.74) is -1.91. The molecule has 0 radical (unpaired) electrons. The third-order valence-electron chi connectivity index (χ3n) is 4.10. The zero-order valence-corrected chi connectivity index (χ0v) is 15.3. The summed E-state index contributed by atoms with van der Waals surface area (Å²) in [6.07, 6.45) is -3.84. The highest BCUT2D eigenvalue weighted by atomic mass is 35.5. The van der Waals surface area contributed by atoms with E-state index in [9.17, 15) is 23.5 Å². The molecule has 3 rings (SSSR count). The maximum absolute atomic E-state index is 12.9. The van der Waals surface area contributed by atoms with Crippen molar-refractivity contribution in [3.63, 3.8) is 0 Å². The Morgan fingerprint density at radius 2 is 1.93 bits per heavy atom. The van der Waals surface area contributed by atoms with Gasteiger partial charge in [-0.05, 0) is 17.7 Å². The standard InChI is InChI=1S/C17H15ClF2N4O4/c1-23-11(16(19)20)6-15(26)24(17(23)27)8-14-21-13(22-28-14)7-12(25)9-2-4-10(18)5-3-9/h2-6,12,16,25H,7-8H2,1H3. The van der Waals surface area contributed by atoms with Crippen molar-refractivity contribution in [3.8, 4) is 0 Å². The number of aliphatic hydroxyl groups is 1. The molecule has 0 aliphatic heterocycles. The van der Waals surface area contributed by atoms with Crippen LogP contribution in [0.15, 0.2) is 44.4 Å². The number of nitrogens with zero attached hydrogens (tertiary/aromatic N) is 4. The fourth-order valence-corrected chi connectivity index (χ4v) is 2.72. The molecule has 0 aliphatic rings. The quantitative estimate of drug-likeness (QED) is 0.662. The average molecular weight is 413 g/mol. The molecule has 3 aromatic rings. The minimum Gasteiger partial charge on any atom is -0.388 e. The molecule has 1 aromatic carbocycles. The van der Waals surface area contributed by atoms with Crippen LogP contribution in [0.5, 0.6) is 0 Å². The van der Waals surface area contributed by atoms with Gasteiger partial charge in [-0.3, -0.25) is 13.9 Å². The van der Waals surface area contributed by atoms with E-state index < -0.39 is 29.5 Å². The summed E-state index contributed by atoms with van der Waals surface area (Å²) < 4.78 is 32.1. The van der Waals surface area contributed by atoms with Gasteiger partial charge in [0.05, 0.1) is 11.8 Å². The molecule has 2 heterocycles. The van der Waals surface area contributed by atoms with Crippen LogP contribution in [0.3, 0.4) is 0 Å². The zero-order valence-electron chi connectivity index (χ0n) is 14.6. The normalized spacial score (nSPS) is 12.5. The van der Waals surface area contributed by atoms with Crippen LogP contribution in [-0.2, 0) is 20.0 Å². The first-order valence-electron chi connectivity index (χ1n) is 8.10. The minimum atomic E-state index is -2.95. The minimum absolute atomic E-state index is 0.0301. The molecule has 1 atom stereocenters. The van der Waals surface area contributed by atoms with Crippen molar-refractivity contribution in [1.29, 1.82) is 0 Å². The van der Waals surface area contributed by atoms with Crippen molar-refractivity contribution in [1.82, 2.24) is 19.3 Å². The highest BCUT2D eigenvalue weighted by Crippen LogP contribution is 2.19. The molecule has 0 spiro atoms. The molecule has 1 unspecified atom stereocenters. The number of halogens is 3. The van der Waals surface area contributed by atoms with Crippen LogP contribution in [0, 0.1) is 0 Å². The largest absolute Gasteiger partial charge is 0.388 e. The Kier molecular flexibility index (Phi) is 5.71. The molecule has 0 aliphatic carbocycles. The Hall–Kier alpha value is -2.85. The topological polar surface area (TPSA) is 103 Å². The lowest BCUT2D eigenvalue weighted by molar-refractivity contribution is 0.139. The Morgan fingerprint density at radius 3 is 2.57 bits per heavy atom. The first-order valence-corrected chi connectivity index (χ1v) is 8.48. The third kappa shape index (κ3) is 4.18. The van der Waals surface area contributed by atoms with Crippen molar-refractivity contribution in [2.75, 3.05) is 0 Å². The summed E-state index contributed by atoms with van der Waals surface area (Å²) >= 11 is 5.80. The fraction of sp³-hybridized carbons (Fsp3) is 0.294. The van der Waals surface area contributed by atoms with Gasteiger partial charge in [0, 0.05) is 24.6 Å². The van der Waals surface area contributed by atoms with E-state index in [1.54, 1.807) is 24.3 Å². The Bertz CT molecular complexity index is 1090. The van der Waals surface area contributed by atoms with Gasteiger partial charge in [0.15, 0.2) is 5.82 Å². The van der Waals surface area contributed by atoms with E-state index in [2.05, 4.69) is 10.1 Å². The molecule has 11 heteroatoms. The third-order valence-corrected chi connectivity index (χ3v) is 4.35. The molecule has 0 saturated heterocycles. The SMILES string of the molecule is Cn1c(C(F)F)cc(=O)n(Cc2nc(CC(O)c3ccc(Cl)cc3)no2)c1=O. The second-order valence-electron chi connectivity index (χ2n) is 6.01. The Morgan fingerprint density at radius 1 is 1.25 bits per heavy atom. The Balaban J connectivity index is 1.78. The molecule has 0 saturated carbocycles. The van der Waals surface area contributed by atoms with Crippen LogP contribution in [0.25, 0.3) is 0 Å². The van der Waals surface area contributed by atoms with Crippen LogP contribution in [0.4, 0.5) is 8.78 Å². The average Bonchev–Trinajstić information content (AvgIpc) is 3.09. The second kappa shape index (κ2) is 8.03. The van der Waals surface area contributed by atoms with Crippen LogP contribution in [0.2, 0.25) is 5.02 Å². The first kappa shape index (κ1) is 19.9. The molecule has 148 valence electrons. The van der Waals surface area contributed by atoms with Gasteiger partial charge in [0.25, 0.3) is 12.0 Å². The Labute approximate surface area is 161 Å². The first-order chi connectivity index (χ1) is 13.3. The van der Waals surface area contributed by atoms with E-state index in [0.29, 0.717) is 25.8 Å². The zero-order chi connectivity index (χ0) is 20.4. The summed E-state index contributed by atoms with van der Waals surface area (Å²) in [6.45, 7) is -0.376. The number of hydrogen-bond acceptors (Lipinski definition) is 6. The van der Waals surface area contributed by atoms with Crippen molar-refractivity contribution < 1.29 is 18.4 Å². The molecule has 2 aromatic heterocycles. The number of benzene rings is 1. The maximum Gasteiger partial charge on any atom is 0.331 e. The summed E-state index contributed by atoms with van der Waals surface area (Å²) in [5, 5.41) is 14.5. The van der Waals surface area contributed by atoms with E-state index in [1.807, 2.05) is 0 Å². The summed E-state index contributed by atoms with van der Waals surface area (Å²) in [5.74, 6) is 0.0915. The van der Waals surface area contributed by atoms with Crippen molar-refractivity contribution >= 4 is 11.6 Å². The van der Waals surface area contributed by atoms with E-state index in [1.165, 1.54) is 0 Å². The van der Waals surface area contributed by atoms with Gasteiger partial charge in [-0.2, -0.15) is 4.98 Å². The lowest BCUT2D eigenvalue weighted by Crippen LogP contribution is -2.40. The molecule has 1 N–H and O–H groups in total. The highest BCUT2D eigenvalue weighted by Gasteiger charge is 2.19. The van der Waals surface area contributed by atoms with Gasteiger partial charge in [-0.1, -0.05) is 28.9 Å². The van der Waals surface area contributed by atoms with Crippen LogP contribution < -0.4 is 11.2 Å². The van der Waals surface area contributed by atoms with E-state index in [4.69, 9.17) is 16.1 Å². The van der Waals surface area contributed by atoms with E-state index in [0.717, 1.165) is 7.05 Å². The maximum atomic E-state index is 12.9. The number of rotatable bonds is 6. The van der Waals surface area contributed by atoms with Crippen LogP contribution in [-0.4, -0.2) is 24.4 Å². The molecular formula is C17H15ClF2N4O4. The number of alkyl halides is 2. The number of aliphatic hydroxyl groups excluding tert-OH is 1. The number of hydrogen-bond donors (Lipinski definition) is 1. The molecule has 0 fully saturated rings. The van der Waals surface area contributed by atoms with Crippen molar-refractivity contribution in [3.05, 3.63) is 79.2 Å². The molecule has 0 bridgehead atoms. The van der Waals surface area contributed by atoms with Gasteiger partial charge in [0.1, 0.15) is 6.54 Å². The fourth-order valence-electron chi connectivity index (χ4n) is 2.59. The number of aromatic nitrogens is 4. The second-order valence-corrected chi connectivity index (χ2v) is 6.45. The molecular weight excluding hydrogens is 398 g/mol. The molecule has 0 amide bonds. The summed E-state index contributed by atoms with van der Waals surface area (Å²) in [6, 6.07) is 7.26. The van der Waals surface area contributed by atoms with Crippen molar-refractivity contribution in [2.24, 2.45) is 7.05 Å². The predicted molar refractivity (Wildman–Crippen MR) is 94.4 cm³/mol. The highest BCUT2D eigenvalue weighted by molar-refractivity contribution is 6.30. The van der Waals surface area contributed by atoms with E-state index in [-0.39, 0.29) is 24.7 Å². The summed E-state index contributed by atoms with van der Waals surface area (Å²) in [7, 11) is 1.14.